The van der Waals surface area contributed by atoms with Gasteiger partial charge < -0.3 is 19.9 Å². The van der Waals surface area contributed by atoms with E-state index >= 15 is 0 Å². The number of carbonyl (C=O) groups is 2. The highest BCUT2D eigenvalue weighted by Gasteiger charge is 2.26. The van der Waals surface area contributed by atoms with Crippen molar-refractivity contribution in [1.82, 2.24) is 20.2 Å². The minimum Gasteiger partial charge on any atom is -0.481 e. The molecular formula is C22H22ClN5O3S. The zero-order valence-electron chi connectivity index (χ0n) is 17.5. The first-order valence-corrected chi connectivity index (χ1v) is 11.3. The third-order valence-electron chi connectivity index (χ3n) is 5.13. The fraction of sp³-hybridized carbons (Fsp3) is 0.273. The molecule has 32 heavy (non-hydrogen) atoms. The van der Waals surface area contributed by atoms with E-state index in [0.717, 1.165) is 4.88 Å². The van der Waals surface area contributed by atoms with Crippen molar-refractivity contribution in [2.75, 3.05) is 38.2 Å². The lowest BCUT2D eigenvalue weighted by molar-refractivity contribution is 0.0745. The molecule has 166 valence electrons. The van der Waals surface area contributed by atoms with E-state index in [2.05, 4.69) is 15.3 Å². The first kappa shape index (κ1) is 22.0. The lowest BCUT2D eigenvalue weighted by Gasteiger charge is -2.36. The predicted molar refractivity (Wildman–Crippen MR) is 124 cm³/mol. The van der Waals surface area contributed by atoms with E-state index in [4.69, 9.17) is 16.3 Å². The summed E-state index contributed by atoms with van der Waals surface area (Å²) in [6, 6.07) is 10.6. The highest BCUT2D eigenvalue weighted by Crippen LogP contribution is 2.22. The summed E-state index contributed by atoms with van der Waals surface area (Å²) in [6.45, 7) is 2.58. The van der Waals surface area contributed by atoms with Gasteiger partial charge in [-0.3, -0.25) is 9.59 Å². The van der Waals surface area contributed by atoms with Crippen LogP contribution in [0.3, 0.4) is 0 Å². The summed E-state index contributed by atoms with van der Waals surface area (Å²) in [6.07, 6.45) is 1.67. The Morgan fingerprint density at radius 3 is 2.72 bits per heavy atom. The number of hydrogen-bond acceptors (Lipinski definition) is 7. The molecule has 0 atom stereocenters. The minimum atomic E-state index is -0.168. The number of pyridine rings is 2. The monoisotopic (exact) mass is 471 g/mol. The average molecular weight is 472 g/mol. The molecule has 0 aliphatic carbocycles. The maximum atomic E-state index is 12.9. The number of rotatable bonds is 6. The van der Waals surface area contributed by atoms with Crippen LogP contribution < -0.4 is 15.0 Å². The maximum Gasteiger partial charge on any atom is 0.255 e. The number of aromatic nitrogens is 2. The highest BCUT2D eigenvalue weighted by molar-refractivity contribution is 7.09. The molecule has 1 fully saturated rings. The van der Waals surface area contributed by atoms with Crippen LogP contribution in [0.1, 0.15) is 25.6 Å². The molecule has 1 aliphatic heterocycles. The SMILES string of the molecule is COc1cc(C(=O)N2CCN(c3ncccc3C(=O)NCc3cccs3)CC2)cc(Cl)n1. The molecule has 4 heterocycles. The summed E-state index contributed by atoms with van der Waals surface area (Å²) in [5.74, 6) is 0.615. The number of nitrogens with zero attached hydrogens (tertiary/aromatic N) is 4. The summed E-state index contributed by atoms with van der Waals surface area (Å²) in [7, 11) is 1.48. The van der Waals surface area contributed by atoms with Gasteiger partial charge >= 0.3 is 0 Å². The summed E-state index contributed by atoms with van der Waals surface area (Å²) in [4.78, 5) is 39.0. The molecule has 4 rings (SSSR count). The molecule has 1 saturated heterocycles. The number of piperazine rings is 1. The third kappa shape index (κ3) is 5.00. The van der Waals surface area contributed by atoms with Crippen molar-refractivity contribution in [3.8, 4) is 5.88 Å². The van der Waals surface area contributed by atoms with Crippen molar-refractivity contribution in [3.63, 3.8) is 0 Å². The largest absolute Gasteiger partial charge is 0.481 e. The summed E-state index contributed by atoms with van der Waals surface area (Å²) in [5, 5.41) is 5.14. The van der Waals surface area contributed by atoms with Crippen molar-refractivity contribution in [1.29, 1.82) is 0 Å². The van der Waals surface area contributed by atoms with Gasteiger partial charge in [0.25, 0.3) is 11.8 Å². The van der Waals surface area contributed by atoms with Crippen LogP contribution in [0.15, 0.2) is 48.0 Å². The van der Waals surface area contributed by atoms with Crippen molar-refractivity contribution < 1.29 is 14.3 Å². The van der Waals surface area contributed by atoms with Gasteiger partial charge in [-0.25, -0.2) is 9.97 Å². The Bertz CT molecular complexity index is 1100. The Hall–Kier alpha value is -3.17. The van der Waals surface area contributed by atoms with Gasteiger partial charge in [0.15, 0.2) is 0 Å². The molecule has 0 unspecified atom stereocenters. The molecule has 0 aromatic carbocycles. The Morgan fingerprint density at radius 1 is 1.19 bits per heavy atom. The maximum absolute atomic E-state index is 12.9. The van der Waals surface area contributed by atoms with Gasteiger partial charge in [0.2, 0.25) is 5.88 Å². The fourth-order valence-corrected chi connectivity index (χ4v) is 4.35. The second-order valence-electron chi connectivity index (χ2n) is 7.14. The number of methoxy groups -OCH3 is 1. The molecular weight excluding hydrogens is 450 g/mol. The molecule has 1 N–H and O–H groups in total. The number of halogens is 1. The smallest absolute Gasteiger partial charge is 0.255 e. The summed E-state index contributed by atoms with van der Waals surface area (Å²) < 4.78 is 5.11. The number of thiophene rings is 1. The average Bonchev–Trinajstić information content (AvgIpc) is 3.35. The van der Waals surface area contributed by atoms with Crippen molar-refractivity contribution in [2.24, 2.45) is 0 Å². The Kier molecular flexibility index (Phi) is 6.87. The molecule has 2 amide bonds. The number of nitrogens with one attached hydrogen (secondary N) is 1. The predicted octanol–water partition coefficient (Wildman–Crippen LogP) is 3.09. The Labute approximate surface area is 194 Å². The van der Waals surface area contributed by atoms with Crippen LogP contribution in [0.25, 0.3) is 0 Å². The molecule has 3 aromatic rings. The zero-order valence-corrected chi connectivity index (χ0v) is 19.0. The molecule has 1 aliphatic rings. The topological polar surface area (TPSA) is 87.7 Å². The Balaban J connectivity index is 1.42. The van der Waals surface area contributed by atoms with E-state index in [0.29, 0.717) is 55.5 Å². The van der Waals surface area contributed by atoms with Crippen molar-refractivity contribution >= 4 is 40.6 Å². The number of hydrogen-bond donors (Lipinski definition) is 1. The van der Waals surface area contributed by atoms with Crippen molar-refractivity contribution in [2.45, 2.75) is 6.54 Å². The molecule has 0 bridgehead atoms. The van der Waals surface area contributed by atoms with Gasteiger partial charge in [-0.1, -0.05) is 17.7 Å². The number of anilines is 1. The van der Waals surface area contributed by atoms with Gasteiger partial charge in [0.1, 0.15) is 11.0 Å². The normalized spacial score (nSPS) is 13.7. The second-order valence-corrected chi connectivity index (χ2v) is 8.56. The number of ether oxygens (including phenoxy) is 1. The highest BCUT2D eigenvalue weighted by atomic mass is 35.5. The van der Waals surface area contributed by atoms with E-state index in [1.807, 2.05) is 22.4 Å². The second kappa shape index (κ2) is 9.97. The van der Waals surface area contributed by atoms with Crippen LogP contribution in [-0.4, -0.2) is 60.0 Å². The number of carbonyl (C=O) groups excluding carboxylic acids is 2. The standard InChI is InChI=1S/C22H22ClN5O3S/c1-31-19-13-15(12-18(23)26-19)22(30)28-9-7-27(8-10-28)20-17(5-2-6-24-20)21(29)25-14-16-4-3-11-32-16/h2-6,11-13H,7-10,14H2,1H3,(H,25,29). The van der Waals surface area contributed by atoms with Gasteiger partial charge in [-0.05, 0) is 29.6 Å². The summed E-state index contributed by atoms with van der Waals surface area (Å²) >= 11 is 7.60. The van der Waals surface area contributed by atoms with E-state index in [1.165, 1.54) is 13.2 Å². The number of amides is 2. The fourth-order valence-electron chi connectivity index (χ4n) is 3.51. The molecule has 0 spiro atoms. The van der Waals surface area contributed by atoms with Gasteiger partial charge in [-0.2, -0.15) is 0 Å². The molecule has 0 radical (unpaired) electrons. The Morgan fingerprint density at radius 2 is 2.00 bits per heavy atom. The molecule has 10 heteroatoms. The van der Waals surface area contributed by atoms with Gasteiger partial charge in [-0.15, -0.1) is 11.3 Å². The molecule has 3 aromatic heterocycles. The van der Waals surface area contributed by atoms with Crippen LogP contribution in [-0.2, 0) is 6.54 Å². The third-order valence-corrected chi connectivity index (χ3v) is 6.20. The van der Waals surface area contributed by atoms with Crippen molar-refractivity contribution in [3.05, 3.63) is 69.1 Å². The first-order chi connectivity index (χ1) is 15.5. The van der Waals surface area contributed by atoms with Crippen LogP contribution in [0.5, 0.6) is 5.88 Å². The minimum absolute atomic E-state index is 0.137. The van der Waals surface area contributed by atoms with Crippen LogP contribution in [0, 0.1) is 0 Å². The lowest BCUT2D eigenvalue weighted by Crippen LogP contribution is -2.49. The molecule has 8 nitrogen and oxygen atoms in total. The van der Waals surface area contributed by atoms with Crippen LogP contribution in [0.2, 0.25) is 5.15 Å². The molecule has 0 saturated carbocycles. The van der Waals surface area contributed by atoms with E-state index in [1.54, 1.807) is 40.6 Å². The lowest BCUT2D eigenvalue weighted by atomic mass is 10.2. The van der Waals surface area contributed by atoms with E-state index < -0.39 is 0 Å². The van der Waals surface area contributed by atoms with E-state index in [9.17, 15) is 9.59 Å². The van der Waals surface area contributed by atoms with Gasteiger partial charge in [0, 0.05) is 48.9 Å². The van der Waals surface area contributed by atoms with Gasteiger partial charge in [0.05, 0.1) is 19.2 Å². The van der Waals surface area contributed by atoms with Crippen LogP contribution >= 0.6 is 22.9 Å². The van der Waals surface area contributed by atoms with Crippen LogP contribution in [0.4, 0.5) is 5.82 Å². The first-order valence-electron chi connectivity index (χ1n) is 10.1. The summed E-state index contributed by atoms with van der Waals surface area (Å²) in [5.41, 5.74) is 0.955. The quantitative estimate of drug-likeness (QED) is 0.556. The zero-order chi connectivity index (χ0) is 22.5. The van der Waals surface area contributed by atoms with E-state index in [-0.39, 0.29) is 17.0 Å².